The molecule has 0 aliphatic heterocycles. The van der Waals surface area contributed by atoms with Gasteiger partial charge in [0.15, 0.2) is 5.65 Å². The van der Waals surface area contributed by atoms with Crippen molar-refractivity contribution in [1.82, 2.24) is 14.6 Å². The van der Waals surface area contributed by atoms with Crippen LogP contribution < -0.4 is 9.46 Å². The summed E-state index contributed by atoms with van der Waals surface area (Å²) in [6.07, 6.45) is 2.14. The van der Waals surface area contributed by atoms with E-state index in [-0.39, 0.29) is 10.6 Å². The van der Waals surface area contributed by atoms with E-state index in [0.29, 0.717) is 34.8 Å². The molecule has 2 aromatic heterocycles. The smallest absolute Gasteiger partial charge is 0.262 e. The van der Waals surface area contributed by atoms with Gasteiger partial charge < -0.3 is 9.84 Å². The number of ether oxygens (including phenoxy) is 1. The largest absolute Gasteiger partial charge is 0.494 e. The van der Waals surface area contributed by atoms with Crippen molar-refractivity contribution in [3.63, 3.8) is 0 Å². The van der Waals surface area contributed by atoms with Gasteiger partial charge in [-0.25, -0.2) is 22.3 Å². The van der Waals surface area contributed by atoms with Gasteiger partial charge in [0.2, 0.25) is 0 Å². The van der Waals surface area contributed by atoms with E-state index in [2.05, 4.69) is 26.6 Å². The van der Waals surface area contributed by atoms with Gasteiger partial charge in [0, 0.05) is 5.56 Å². The minimum atomic E-state index is -4.01. The number of hydrogen-bond acceptors (Lipinski definition) is 6. The molecule has 4 aromatic rings. The van der Waals surface area contributed by atoms with E-state index in [1.807, 2.05) is 13.0 Å². The predicted octanol–water partition coefficient (Wildman–Crippen LogP) is 4.03. The lowest BCUT2D eigenvalue weighted by Gasteiger charge is -2.17. The van der Waals surface area contributed by atoms with Crippen LogP contribution in [0.15, 0.2) is 59.6 Å². The molecule has 0 aliphatic carbocycles. The van der Waals surface area contributed by atoms with Crippen molar-refractivity contribution < 1.29 is 22.7 Å². The number of aryl methyl sites for hydroxylation is 1. The van der Waals surface area contributed by atoms with Gasteiger partial charge in [-0.3, -0.25) is 4.72 Å². The van der Waals surface area contributed by atoms with Crippen LogP contribution in [-0.4, -0.2) is 40.8 Å². The monoisotopic (exact) mass is 508 g/mol. The zero-order valence-corrected chi connectivity index (χ0v) is 21.0. The molecule has 2 aromatic carbocycles. The summed E-state index contributed by atoms with van der Waals surface area (Å²) in [7, 11) is -2.55. The average Bonchev–Trinajstić information content (AvgIpc) is 3.24. The van der Waals surface area contributed by atoms with E-state index in [4.69, 9.17) is 4.74 Å². The number of imidazole rings is 1. The summed E-state index contributed by atoms with van der Waals surface area (Å²) in [6, 6.07) is 11.6. The number of fused-ring (bicyclic) bond motifs is 1. The number of nitrogens with one attached hydrogen (secondary N) is 1. The van der Waals surface area contributed by atoms with Crippen LogP contribution in [0.5, 0.6) is 5.75 Å². The molecule has 0 saturated heterocycles. The number of hydrogen-bond donors (Lipinski definition) is 2. The quantitative estimate of drug-likeness (QED) is 0.381. The van der Waals surface area contributed by atoms with Gasteiger partial charge in [-0.1, -0.05) is 12.8 Å². The van der Waals surface area contributed by atoms with Crippen molar-refractivity contribution in [3.05, 3.63) is 71.8 Å². The Bertz CT molecular complexity index is 1600. The first-order valence-electron chi connectivity index (χ1n) is 11.1. The standard InChI is InChI=1S/C26H25FN4O4S/c1-5-17-14-18(22-10-11-24-28-16-20(31(24)29-22)12-13-26(2,3)32)15-23(25(17)35-4)30-36(33,34)21-8-6-19(27)7-9-21/h6-11,14-16,30,32H,5H2,1-4H3. The maximum absolute atomic E-state index is 13.3. The maximum Gasteiger partial charge on any atom is 0.262 e. The molecule has 186 valence electrons. The second-order valence-corrected chi connectivity index (χ2v) is 10.3. The summed E-state index contributed by atoms with van der Waals surface area (Å²) in [5.41, 5.74) is 2.07. The van der Waals surface area contributed by atoms with Crippen LogP contribution in [0.2, 0.25) is 0 Å². The van der Waals surface area contributed by atoms with E-state index in [1.54, 1.807) is 42.8 Å². The van der Waals surface area contributed by atoms with Crippen LogP contribution in [0.3, 0.4) is 0 Å². The molecule has 0 amide bonds. The normalized spacial score (nSPS) is 11.7. The summed E-state index contributed by atoms with van der Waals surface area (Å²) in [6.45, 7) is 5.09. The number of methoxy groups -OCH3 is 1. The lowest BCUT2D eigenvalue weighted by Crippen LogP contribution is -2.14. The topological polar surface area (TPSA) is 106 Å². The first-order valence-corrected chi connectivity index (χ1v) is 12.6. The highest BCUT2D eigenvalue weighted by molar-refractivity contribution is 7.92. The molecule has 0 aliphatic rings. The molecule has 8 nitrogen and oxygen atoms in total. The molecule has 10 heteroatoms. The molecule has 4 rings (SSSR count). The van der Waals surface area contributed by atoms with Crippen LogP contribution in [0, 0.1) is 17.7 Å². The SMILES string of the molecule is CCc1cc(-c2ccc3ncc(C#CC(C)(C)O)n3n2)cc(NS(=O)(=O)c2ccc(F)cc2)c1OC. The summed E-state index contributed by atoms with van der Waals surface area (Å²) in [5, 5.41) is 14.6. The highest BCUT2D eigenvalue weighted by Crippen LogP contribution is 2.36. The van der Waals surface area contributed by atoms with Crippen LogP contribution in [-0.2, 0) is 16.4 Å². The van der Waals surface area contributed by atoms with E-state index >= 15 is 0 Å². The van der Waals surface area contributed by atoms with Gasteiger partial charge in [0.05, 0.1) is 29.6 Å². The summed E-state index contributed by atoms with van der Waals surface area (Å²) in [4.78, 5) is 4.22. The van der Waals surface area contributed by atoms with Crippen LogP contribution in [0.1, 0.15) is 32.0 Å². The van der Waals surface area contributed by atoms with Crippen LogP contribution in [0.25, 0.3) is 16.9 Å². The Hall–Kier alpha value is -3.94. The number of rotatable bonds is 6. The Morgan fingerprint density at radius 2 is 1.89 bits per heavy atom. The lowest BCUT2D eigenvalue weighted by molar-refractivity contribution is 0.143. The van der Waals surface area contributed by atoms with Gasteiger partial charge in [-0.15, -0.1) is 0 Å². The zero-order chi connectivity index (χ0) is 26.1. The molecular formula is C26H25FN4O4S. The first-order chi connectivity index (χ1) is 17.0. The number of benzene rings is 2. The van der Waals surface area contributed by atoms with Crippen molar-refractivity contribution in [2.75, 3.05) is 11.8 Å². The van der Waals surface area contributed by atoms with E-state index < -0.39 is 21.4 Å². The predicted molar refractivity (Wildman–Crippen MR) is 135 cm³/mol. The molecule has 0 unspecified atom stereocenters. The Morgan fingerprint density at radius 1 is 1.17 bits per heavy atom. The Morgan fingerprint density at radius 3 is 2.53 bits per heavy atom. The number of nitrogens with zero attached hydrogens (tertiary/aromatic N) is 3. The molecule has 0 radical (unpaired) electrons. The van der Waals surface area contributed by atoms with Crippen LogP contribution in [0.4, 0.5) is 10.1 Å². The fourth-order valence-electron chi connectivity index (χ4n) is 3.56. The number of aliphatic hydroxyl groups is 1. The third-order valence-electron chi connectivity index (χ3n) is 5.27. The van der Waals surface area contributed by atoms with Crippen molar-refractivity contribution >= 4 is 21.4 Å². The van der Waals surface area contributed by atoms with Gasteiger partial charge in [-0.05, 0) is 80.3 Å². The average molecular weight is 509 g/mol. The highest BCUT2D eigenvalue weighted by Gasteiger charge is 2.20. The van der Waals surface area contributed by atoms with Gasteiger partial charge in [-0.2, -0.15) is 5.10 Å². The molecule has 0 fully saturated rings. The minimum absolute atomic E-state index is 0.0811. The first kappa shape index (κ1) is 25.2. The highest BCUT2D eigenvalue weighted by atomic mass is 32.2. The number of sulfonamides is 1. The van der Waals surface area contributed by atoms with Gasteiger partial charge in [0.1, 0.15) is 22.9 Å². The third-order valence-corrected chi connectivity index (χ3v) is 6.66. The summed E-state index contributed by atoms with van der Waals surface area (Å²) < 4.78 is 49.0. The van der Waals surface area contributed by atoms with Gasteiger partial charge in [0.25, 0.3) is 10.0 Å². The van der Waals surface area contributed by atoms with Crippen LogP contribution >= 0.6 is 0 Å². The maximum atomic E-state index is 13.3. The van der Waals surface area contributed by atoms with Crippen molar-refractivity contribution in [1.29, 1.82) is 0 Å². The number of anilines is 1. The molecule has 0 atom stereocenters. The summed E-state index contributed by atoms with van der Waals surface area (Å²) >= 11 is 0. The molecule has 2 heterocycles. The second-order valence-electron chi connectivity index (χ2n) is 8.57. The van der Waals surface area contributed by atoms with E-state index in [9.17, 15) is 17.9 Å². The Balaban J connectivity index is 1.81. The Labute approximate surface area is 208 Å². The molecule has 0 bridgehead atoms. The fraction of sp³-hybridized carbons (Fsp3) is 0.231. The van der Waals surface area contributed by atoms with E-state index in [1.165, 1.54) is 19.2 Å². The second kappa shape index (κ2) is 9.60. The summed E-state index contributed by atoms with van der Waals surface area (Å²) in [5.74, 6) is 5.49. The fourth-order valence-corrected chi connectivity index (χ4v) is 4.62. The molecule has 2 N–H and O–H groups in total. The molecule has 36 heavy (non-hydrogen) atoms. The zero-order valence-electron chi connectivity index (χ0n) is 20.2. The molecule has 0 saturated carbocycles. The molecule has 0 spiro atoms. The van der Waals surface area contributed by atoms with Crippen molar-refractivity contribution in [3.8, 4) is 28.8 Å². The number of halogens is 1. The Kier molecular flexibility index (Phi) is 6.71. The van der Waals surface area contributed by atoms with E-state index in [0.717, 1.165) is 17.7 Å². The van der Waals surface area contributed by atoms with Gasteiger partial charge >= 0.3 is 0 Å². The number of aromatic nitrogens is 3. The lowest BCUT2D eigenvalue weighted by atomic mass is 10.0. The molecular weight excluding hydrogens is 483 g/mol. The minimum Gasteiger partial charge on any atom is -0.494 e. The van der Waals surface area contributed by atoms with Crippen molar-refractivity contribution in [2.45, 2.75) is 37.7 Å². The third kappa shape index (κ3) is 5.32. The van der Waals surface area contributed by atoms with Crippen molar-refractivity contribution in [2.24, 2.45) is 0 Å².